The molecule has 0 bridgehead atoms. The maximum atomic E-state index is 5.84. The second-order valence-electron chi connectivity index (χ2n) is 2.18. The predicted octanol–water partition coefficient (Wildman–Crippen LogP) is 3.46. The van der Waals surface area contributed by atoms with E-state index in [1.807, 2.05) is 24.3 Å². The number of fused-ring (bicyclic) bond motifs is 1. The highest BCUT2D eigenvalue weighted by Crippen LogP contribution is 2.21. The summed E-state index contributed by atoms with van der Waals surface area (Å²) in [6, 6.07) is 7.95. The number of rotatable bonds is 0. The molecule has 0 spiro atoms. The number of halogens is 1. The molecule has 0 fully saturated rings. The first-order valence-electron chi connectivity index (χ1n) is 3.09. The van der Waals surface area contributed by atoms with Crippen LogP contribution in [0.15, 0.2) is 30.5 Å². The van der Waals surface area contributed by atoms with Crippen molar-refractivity contribution in [3.8, 4) is 0 Å². The number of benzene rings is 1. The Morgan fingerprint density at radius 2 is 1.91 bits per heavy atom. The van der Waals surface area contributed by atoms with Gasteiger partial charge in [0.05, 0.1) is 5.02 Å². The van der Waals surface area contributed by atoms with E-state index in [0.29, 0.717) is 0 Å². The summed E-state index contributed by atoms with van der Waals surface area (Å²) in [5.74, 6) is 0. The highest BCUT2D eigenvalue weighted by atomic mass is 35.5. The lowest BCUT2D eigenvalue weighted by Crippen LogP contribution is -1.62. The van der Waals surface area contributed by atoms with Crippen molar-refractivity contribution in [2.75, 3.05) is 0 Å². The molecule has 1 N–H and O–H groups in total. The van der Waals surface area contributed by atoms with E-state index >= 15 is 0 Å². The zero-order valence-electron chi connectivity index (χ0n) is 5.26. The summed E-state index contributed by atoms with van der Waals surface area (Å²) in [4.78, 5) is 3.06. The van der Waals surface area contributed by atoms with Crippen LogP contribution in [-0.2, 0) is 0 Å². The second kappa shape index (κ2) is 2.97. The van der Waals surface area contributed by atoms with Gasteiger partial charge in [0.1, 0.15) is 0 Å². The molecule has 2 heteroatoms. The number of para-hydroxylation sites is 1. The van der Waals surface area contributed by atoms with Gasteiger partial charge in [-0.2, -0.15) is 0 Å². The van der Waals surface area contributed by atoms with Crippen LogP contribution in [0.25, 0.3) is 10.9 Å². The summed E-state index contributed by atoms with van der Waals surface area (Å²) in [7, 11) is 0. The minimum absolute atomic E-state index is 0. The highest BCUT2D eigenvalue weighted by molar-refractivity contribution is 6.35. The van der Waals surface area contributed by atoms with E-state index in [-0.39, 0.29) is 7.43 Å². The van der Waals surface area contributed by atoms with Crippen molar-refractivity contribution in [2.45, 2.75) is 7.43 Å². The van der Waals surface area contributed by atoms with Crippen molar-refractivity contribution in [3.05, 3.63) is 35.5 Å². The summed E-state index contributed by atoms with van der Waals surface area (Å²) in [5, 5.41) is 1.87. The smallest absolute Gasteiger partial charge is 0.0659 e. The summed E-state index contributed by atoms with van der Waals surface area (Å²) < 4.78 is 0. The molecule has 1 nitrogen and oxygen atoms in total. The molecule has 0 aliphatic carbocycles. The third kappa shape index (κ3) is 1.24. The number of H-pyrrole nitrogens is 1. The molecular weight excluding hydrogens is 158 g/mol. The summed E-state index contributed by atoms with van der Waals surface area (Å²) in [6.07, 6.45) is 1.80. The molecule has 0 amide bonds. The predicted molar refractivity (Wildman–Crippen MR) is 50.0 cm³/mol. The molecular formula is C9H10ClN. The van der Waals surface area contributed by atoms with Crippen LogP contribution in [0.3, 0.4) is 0 Å². The number of hydrogen-bond donors (Lipinski definition) is 1. The van der Waals surface area contributed by atoms with E-state index in [2.05, 4.69) is 4.98 Å². The zero-order valence-corrected chi connectivity index (χ0v) is 6.02. The van der Waals surface area contributed by atoms with Crippen LogP contribution in [0.2, 0.25) is 5.02 Å². The van der Waals surface area contributed by atoms with Gasteiger partial charge in [0, 0.05) is 17.1 Å². The molecule has 11 heavy (non-hydrogen) atoms. The third-order valence-corrected chi connectivity index (χ3v) is 1.85. The van der Waals surface area contributed by atoms with Crippen LogP contribution in [0.5, 0.6) is 0 Å². The third-order valence-electron chi connectivity index (χ3n) is 1.54. The van der Waals surface area contributed by atoms with Gasteiger partial charge in [0.15, 0.2) is 0 Å². The van der Waals surface area contributed by atoms with E-state index in [1.54, 1.807) is 6.20 Å². The minimum atomic E-state index is 0. The van der Waals surface area contributed by atoms with Crippen molar-refractivity contribution in [1.82, 2.24) is 4.98 Å². The van der Waals surface area contributed by atoms with Crippen LogP contribution in [-0.4, -0.2) is 4.98 Å². The lowest BCUT2D eigenvalue weighted by molar-refractivity contribution is 1.48. The Kier molecular flexibility index (Phi) is 2.20. The molecule has 0 unspecified atom stereocenters. The first-order chi connectivity index (χ1) is 4.88. The molecule has 1 aromatic carbocycles. The van der Waals surface area contributed by atoms with Crippen molar-refractivity contribution in [3.63, 3.8) is 0 Å². The van der Waals surface area contributed by atoms with Gasteiger partial charge in [-0.3, -0.25) is 0 Å². The Bertz CT molecular complexity index is 351. The van der Waals surface area contributed by atoms with Crippen LogP contribution in [0, 0.1) is 0 Å². The molecule has 0 aliphatic heterocycles. The average Bonchev–Trinajstić information content (AvgIpc) is 2.34. The largest absolute Gasteiger partial charge is 0.360 e. The Morgan fingerprint density at radius 3 is 2.64 bits per heavy atom. The lowest BCUT2D eigenvalue weighted by atomic mass is 10.3. The monoisotopic (exact) mass is 167 g/mol. The standard InChI is InChI=1S/C8H6ClN.CH4/c9-7-5-10-8-4-2-1-3-6(7)8;/h1-5,10H;1H4. The van der Waals surface area contributed by atoms with E-state index in [4.69, 9.17) is 11.6 Å². The summed E-state index contributed by atoms with van der Waals surface area (Å²) in [6.45, 7) is 0. The van der Waals surface area contributed by atoms with Crippen LogP contribution < -0.4 is 0 Å². The molecule has 0 saturated carbocycles. The molecule has 0 atom stereocenters. The van der Waals surface area contributed by atoms with Crippen LogP contribution in [0.1, 0.15) is 7.43 Å². The summed E-state index contributed by atoms with van der Waals surface area (Å²) >= 11 is 5.84. The fourth-order valence-electron chi connectivity index (χ4n) is 1.04. The highest BCUT2D eigenvalue weighted by Gasteiger charge is 1.96. The van der Waals surface area contributed by atoms with E-state index < -0.39 is 0 Å². The van der Waals surface area contributed by atoms with Gasteiger partial charge in [-0.25, -0.2) is 0 Å². The van der Waals surface area contributed by atoms with Gasteiger partial charge in [0.2, 0.25) is 0 Å². The molecule has 2 aromatic rings. The maximum Gasteiger partial charge on any atom is 0.0659 e. The van der Waals surface area contributed by atoms with Crippen molar-refractivity contribution in [1.29, 1.82) is 0 Å². The quantitative estimate of drug-likeness (QED) is 0.619. The van der Waals surface area contributed by atoms with E-state index in [0.717, 1.165) is 15.9 Å². The molecule has 0 aliphatic rings. The first-order valence-corrected chi connectivity index (χ1v) is 3.47. The SMILES string of the molecule is C.Clc1c[nH]c2ccccc12. The summed E-state index contributed by atoms with van der Waals surface area (Å²) in [5.41, 5.74) is 1.09. The fourth-order valence-corrected chi connectivity index (χ4v) is 1.26. The molecule has 1 heterocycles. The maximum absolute atomic E-state index is 5.84. The Labute approximate surface area is 71.0 Å². The Morgan fingerprint density at radius 1 is 1.18 bits per heavy atom. The molecule has 0 saturated heterocycles. The average molecular weight is 168 g/mol. The number of aromatic amines is 1. The Balaban J connectivity index is 0.000000605. The number of hydrogen-bond acceptors (Lipinski definition) is 0. The van der Waals surface area contributed by atoms with Gasteiger partial charge in [0.25, 0.3) is 0 Å². The van der Waals surface area contributed by atoms with Crippen molar-refractivity contribution in [2.24, 2.45) is 0 Å². The normalized spacial score (nSPS) is 9.55. The minimum Gasteiger partial charge on any atom is -0.360 e. The fraction of sp³-hybridized carbons (Fsp3) is 0.111. The zero-order chi connectivity index (χ0) is 6.97. The van der Waals surface area contributed by atoms with Gasteiger partial charge in [-0.15, -0.1) is 0 Å². The molecule has 0 radical (unpaired) electrons. The van der Waals surface area contributed by atoms with Crippen LogP contribution in [0.4, 0.5) is 0 Å². The lowest BCUT2D eigenvalue weighted by Gasteiger charge is -1.85. The van der Waals surface area contributed by atoms with Gasteiger partial charge < -0.3 is 4.98 Å². The topological polar surface area (TPSA) is 15.8 Å². The van der Waals surface area contributed by atoms with Gasteiger partial charge in [-0.05, 0) is 6.07 Å². The van der Waals surface area contributed by atoms with Crippen LogP contribution >= 0.6 is 11.6 Å². The molecule has 1 aromatic heterocycles. The van der Waals surface area contributed by atoms with Crippen molar-refractivity contribution < 1.29 is 0 Å². The number of nitrogens with one attached hydrogen (secondary N) is 1. The van der Waals surface area contributed by atoms with E-state index in [9.17, 15) is 0 Å². The van der Waals surface area contributed by atoms with Crippen molar-refractivity contribution >= 4 is 22.5 Å². The first kappa shape index (κ1) is 8.15. The molecule has 58 valence electrons. The Hall–Kier alpha value is -0.950. The van der Waals surface area contributed by atoms with Gasteiger partial charge >= 0.3 is 0 Å². The van der Waals surface area contributed by atoms with E-state index in [1.165, 1.54) is 0 Å². The molecule has 2 rings (SSSR count). The van der Waals surface area contributed by atoms with Gasteiger partial charge in [-0.1, -0.05) is 37.2 Å². The number of aromatic nitrogens is 1. The second-order valence-corrected chi connectivity index (χ2v) is 2.59.